The zero-order valence-corrected chi connectivity index (χ0v) is 11.9. The van der Waals surface area contributed by atoms with Crippen molar-refractivity contribution in [3.8, 4) is 6.07 Å². The Morgan fingerprint density at radius 2 is 1.90 bits per heavy atom. The largest absolute Gasteiger partial charge is 0.378 e. The predicted octanol–water partition coefficient (Wildman–Crippen LogP) is 4.49. The Hall–Kier alpha value is -2.34. The van der Waals surface area contributed by atoms with Gasteiger partial charge in [0.25, 0.3) is 0 Å². The van der Waals surface area contributed by atoms with Gasteiger partial charge in [-0.15, -0.1) is 0 Å². The van der Waals surface area contributed by atoms with Crippen molar-refractivity contribution in [2.45, 2.75) is 26.8 Å². The lowest BCUT2D eigenvalue weighted by molar-refractivity contribution is 0.618. The highest BCUT2D eigenvalue weighted by Crippen LogP contribution is 2.26. The minimum absolute atomic E-state index is 0.0447. The van der Waals surface area contributed by atoms with Gasteiger partial charge in [0.2, 0.25) is 0 Å². The molecule has 0 bridgehead atoms. The maximum absolute atomic E-state index is 13.8. The lowest BCUT2D eigenvalue weighted by atomic mass is 10.0. The van der Waals surface area contributed by atoms with Crippen LogP contribution in [0, 0.1) is 31.0 Å². The molecular weight excluding hydrogens is 251 g/mol. The van der Waals surface area contributed by atoms with E-state index in [1.165, 1.54) is 11.6 Å². The summed E-state index contributed by atoms with van der Waals surface area (Å²) in [5, 5.41) is 12.2. The summed E-state index contributed by atoms with van der Waals surface area (Å²) in [7, 11) is 0. The fourth-order valence-corrected chi connectivity index (χ4v) is 2.28. The van der Waals surface area contributed by atoms with E-state index in [1.807, 2.05) is 44.2 Å². The third-order valence-electron chi connectivity index (χ3n) is 3.50. The Morgan fingerprint density at radius 3 is 2.55 bits per heavy atom. The van der Waals surface area contributed by atoms with Crippen molar-refractivity contribution in [1.82, 2.24) is 0 Å². The minimum atomic E-state index is -0.358. The average Bonchev–Trinajstić information content (AvgIpc) is 2.43. The molecule has 1 unspecified atom stereocenters. The summed E-state index contributed by atoms with van der Waals surface area (Å²) < 4.78 is 13.8. The van der Waals surface area contributed by atoms with E-state index >= 15 is 0 Å². The molecular formula is C17H17FN2. The number of nitrogens with one attached hydrogen (secondary N) is 1. The van der Waals surface area contributed by atoms with Crippen LogP contribution in [0.25, 0.3) is 0 Å². The smallest absolute Gasteiger partial charge is 0.129 e. The van der Waals surface area contributed by atoms with Crippen LogP contribution in [0.1, 0.15) is 35.2 Å². The molecule has 0 radical (unpaired) electrons. The molecule has 0 heterocycles. The van der Waals surface area contributed by atoms with Crippen LogP contribution in [0.2, 0.25) is 0 Å². The van der Waals surface area contributed by atoms with Crippen LogP contribution in [0.5, 0.6) is 0 Å². The van der Waals surface area contributed by atoms with Crippen molar-refractivity contribution in [1.29, 1.82) is 5.26 Å². The van der Waals surface area contributed by atoms with Gasteiger partial charge in [0.05, 0.1) is 11.6 Å². The number of hydrogen-bond acceptors (Lipinski definition) is 2. The average molecular weight is 268 g/mol. The number of nitrogens with zero attached hydrogens (tertiary/aromatic N) is 1. The fraction of sp³-hybridized carbons (Fsp3) is 0.235. The summed E-state index contributed by atoms with van der Waals surface area (Å²) in [5.74, 6) is -0.358. The Bertz CT molecular complexity index is 671. The van der Waals surface area contributed by atoms with Crippen LogP contribution >= 0.6 is 0 Å². The molecule has 0 saturated carbocycles. The molecule has 0 spiro atoms. The van der Waals surface area contributed by atoms with Crippen LogP contribution in [0.15, 0.2) is 36.4 Å². The Morgan fingerprint density at radius 1 is 1.20 bits per heavy atom. The first-order valence-electron chi connectivity index (χ1n) is 6.55. The SMILES string of the molecule is Cc1ccccc1C(C)Nc1cc(C#N)cc(F)c1C. The molecule has 2 aromatic carbocycles. The molecule has 0 aliphatic heterocycles. The third kappa shape index (κ3) is 2.80. The van der Waals surface area contributed by atoms with Crippen molar-refractivity contribution >= 4 is 5.69 Å². The van der Waals surface area contributed by atoms with E-state index in [1.54, 1.807) is 13.0 Å². The number of nitriles is 1. The molecule has 0 amide bonds. The van der Waals surface area contributed by atoms with E-state index in [2.05, 4.69) is 5.32 Å². The number of halogens is 1. The highest BCUT2D eigenvalue weighted by Gasteiger charge is 2.12. The van der Waals surface area contributed by atoms with Crippen LogP contribution in [-0.2, 0) is 0 Å². The summed E-state index contributed by atoms with van der Waals surface area (Å²) in [5.41, 5.74) is 3.87. The standard InChI is InChI=1S/C17H17FN2/c1-11-6-4-5-7-15(11)13(3)20-17-9-14(10-19)8-16(18)12(17)2/h4-9,13,20H,1-3H3. The molecule has 20 heavy (non-hydrogen) atoms. The van der Waals surface area contributed by atoms with Crippen molar-refractivity contribution in [3.05, 3.63) is 64.5 Å². The van der Waals surface area contributed by atoms with Crippen LogP contribution in [0.3, 0.4) is 0 Å². The first-order valence-corrected chi connectivity index (χ1v) is 6.55. The van der Waals surface area contributed by atoms with E-state index in [9.17, 15) is 4.39 Å². The number of aryl methyl sites for hydroxylation is 1. The third-order valence-corrected chi connectivity index (χ3v) is 3.50. The summed E-state index contributed by atoms with van der Waals surface area (Å²) in [4.78, 5) is 0. The topological polar surface area (TPSA) is 35.8 Å². The quantitative estimate of drug-likeness (QED) is 0.890. The molecule has 2 rings (SSSR count). The molecule has 0 fully saturated rings. The number of rotatable bonds is 3. The van der Waals surface area contributed by atoms with Crippen LogP contribution < -0.4 is 5.32 Å². The second-order valence-corrected chi connectivity index (χ2v) is 4.97. The normalized spacial score (nSPS) is 11.8. The van der Waals surface area contributed by atoms with E-state index < -0.39 is 0 Å². The zero-order chi connectivity index (χ0) is 14.7. The van der Waals surface area contributed by atoms with Crippen molar-refractivity contribution in [3.63, 3.8) is 0 Å². The zero-order valence-electron chi connectivity index (χ0n) is 11.9. The first kappa shape index (κ1) is 14.1. The van der Waals surface area contributed by atoms with Gasteiger partial charge in [-0.05, 0) is 44.0 Å². The maximum atomic E-state index is 13.8. The van der Waals surface area contributed by atoms with Gasteiger partial charge in [-0.3, -0.25) is 0 Å². The van der Waals surface area contributed by atoms with Crippen molar-refractivity contribution in [2.24, 2.45) is 0 Å². The van der Waals surface area contributed by atoms with Gasteiger partial charge >= 0.3 is 0 Å². The van der Waals surface area contributed by atoms with Crippen molar-refractivity contribution in [2.75, 3.05) is 5.32 Å². The molecule has 1 atom stereocenters. The van der Waals surface area contributed by atoms with Gasteiger partial charge in [-0.2, -0.15) is 5.26 Å². The Balaban J connectivity index is 2.33. The number of hydrogen-bond donors (Lipinski definition) is 1. The monoisotopic (exact) mass is 268 g/mol. The van der Waals surface area contributed by atoms with Gasteiger partial charge in [0, 0.05) is 17.3 Å². The fourth-order valence-electron chi connectivity index (χ4n) is 2.28. The van der Waals surface area contributed by atoms with E-state index in [0.717, 1.165) is 5.56 Å². The minimum Gasteiger partial charge on any atom is -0.378 e. The molecule has 0 aliphatic carbocycles. The first-order chi connectivity index (χ1) is 9.52. The van der Waals surface area contributed by atoms with E-state index in [-0.39, 0.29) is 11.9 Å². The molecule has 0 aliphatic rings. The highest BCUT2D eigenvalue weighted by molar-refractivity contribution is 5.57. The van der Waals surface area contributed by atoms with Crippen LogP contribution in [0.4, 0.5) is 10.1 Å². The molecule has 2 aromatic rings. The summed E-state index contributed by atoms with van der Waals surface area (Å²) in [6.45, 7) is 5.79. The number of benzene rings is 2. The van der Waals surface area contributed by atoms with Gasteiger partial charge < -0.3 is 5.32 Å². The molecule has 102 valence electrons. The maximum Gasteiger partial charge on any atom is 0.129 e. The lowest BCUT2D eigenvalue weighted by Crippen LogP contribution is -2.10. The van der Waals surface area contributed by atoms with Gasteiger partial charge in [-0.1, -0.05) is 24.3 Å². The second kappa shape index (κ2) is 5.75. The molecule has 3 heteroatoms. The summed E-state index contributed by atoms with van der Waals surface area (Å²) >= 11 is 0. The molecule has 1 N–H and O–H groups in total. The van der Waals surface area contributed by atoms with E-state index in [0.29, 0.717) is 16.8 Å². The summed E-state index contributed by atoms with van der Waals surface area (Å²) in [6.07, 6.45) is 0. The van der Waals surface area contributed by atoms with Crippen LogP contribution in [-0.4, -0.2) is 0 Å². The molecule has 0 saturated heterocycles. The van der Waals surface area contributed by atoms with E-state index in [4.69, 9.17) is 5.26 Å². The second-order valence-electron chi connectivity index (χ2n) is 4.97. The lowest BCUT2D eigenvalue weighted by Gasteiger charge is -2.19. The molecule has 0 aromatic heterocycles. The van der Waals surface area contributed by atoms with Crippen molar-refractivity contribution < 1.29 is 4.39 Å². The Kier molecular flexibility index (Phi) is 4.05. The highest BCUT2D eigenvalue weighted by atomic mass is 19.1. The predicted molar refractivity (Wildman–Crippen MR) is 79.1 cm³/mol. The molecule has 2 nitrogen and oxygen atoms in total. The Labute approximate surface area is 118 Å². The van der Waals surface area contributed by atoms with Gasteiger partial charge in [-0.25, -0.2) is 4.39 Å². The van der Waals surface area contributed by atoms with Gasteiger partial charge in [0.1, 0.15) is 5.82 Å². The van der Waals surface area contributed by atoms with Gasteiger partial charge in [0.15, 0.2) is 0 Å². The summed E-state index contributed by atoms with van der Waals surface area (Å²) in [6, 6.07) is 13.1. The number of anilines is 1.